The van der Waals surface area contributed by atoms with E-state index in [-0.39, 0.29) is 5.91 Å². The monoisotopic (exact) mass is 490 g/mol. The molecule has 1 amide bonds. The number of amides is 1. The van der Waals surface area contributed by atoms with Crippen molar-refractivity contribution in [3.63, 3.8) is 0 Å². The summed E-state index contributed by atoms with van der Waals surface area (Å²) in [5.74, 6) is 0.494. The molecule has 4 aromatic rings. The third kappa shape index (κ3) is 5.57. The molecule has 1 aromatic heterocycles. The lowest BCUT2D eigenvalue weighted by Gasteiger charge is -2.10. The fourth-order valence-corrected chi connectivity index (χ4v) is 4.08. The van der Waals surface area contributed by atoms with Crippen molar-refractivity contribution in [3.05, 3.63) is 89.4 Å². The van der Waals surface area contributed by atoms with E-state index < -0.39 is 0 Å². The summed E-state index contributed by atoms with van der Waals surface area (Å²) in [5, 5.41) is 12.2. The van der Waals surface area contributed by atoms with Gasteiger partial charge in [-0.2, -0.15) is 0 Å². The molecule has 31 heavy (non-hydrogen) atoms. The summed E-state index contributed by atoms with van der Waals surface area (Å²) in [4.78, 5) is 17.0. The maximum absolute atomic E-state index is 12.3. The Kier molecular flexibility index (Phi) is 7.07. The molecule has 154 valence electrons. The minimum Gasteiger partial charge on any atom is -0.325 e. The van der Waals surface area contributed by atoms with Crippen molar-refractivity contribution in [2.75, 3.05) is 11.1 Å². The van der Waals surface area contributed by atoms with Crippen LogP contribution in [0.3, 0.4) is 0 Å². The smallest absolute Gasteiger partial charge is 0.225 e. The normalized spacial score (nSPS) is 10.6. The Balaban J connectivity index is 1.48. The largest absolute Gasteiger partial charge is 0.325 e. The number of para-hydroxylation sites is 1. The van der Waals surface area contributed by atoms with Gasteiger partial charge in [0.25, 0.3) is 0 Å². The minimum atomic E-state index is -0.0588. The number of anilines is 1. The highest BCUT2D eigenvalue weighted by Gasteiger charge is 2.14. The Hall–Kier alpha value is -3.03. The Morgan fingerprint density at radius 3 is 2.10 bits per heavy atom. The minimum absolute atomic E-state index is 0.0588. The number of carbonyl (C=O) groups is 1. The van der Waals surface area contributed by atoms with E-state index in [4.69, 9.17) is 4.98 Å². The molecule has 0 saturated carbocycles. The molecule has 7 heteroatoms. The van der Waals surface area contributed by atoms with Gasteiger partial charge in [-0.15, -0.1) is 10.2 Å². The van der Waals surface area contributed by atoms with E-state index in [2.05, 4.69) is 31.4 Å². The molecule has 0 spiro atoms. The van der Waals surface area contributed by atoms with E-state index >= 15 is 0 Å². The summed E-state index contributed by atoms with van der Waals surface area (Å²) in [6.07, 6.45) is 0.344. The van der Waals surface area contributed by atoms with Crippen molar-refractivity contribution in [3.8, 4) is 22.5 Å². The number of benzene rings is 3. The van der Waals surface area contributed by atoms with Gasteiger partial charge in [-0.3, -0.25) is 4.79 Å². The second kappa shape index (κ2) is 10.3. The standard InChI is InChI=1S/C24H19BrN4OS/c25-19-13-7-8-14-20(19)26-21(30)15-16-31-24-27-22(17-9-3-1-4-10-17)23(28-29-24)18-11-5-2-6-12-18/h1-14H,15-16H2,(H,26,30). The Morgan fingerprint density at radius 2 is 1.42 bits per heavy atom. The van der Waals surface area contributed by atoms with E-state index in [1.54, 1.807) is 0 Å². The molecule has 0 atom stereocenters. The SMILES string of the molecule is O=C(CCSc1nnc(-c2ccccc2)c(-c2ccccc2)n1)Nc1ccccc1Br. The second-order valence-corrected chi connectivity index (χ2v) is 8.57. The van der Waals surface area contributed by atoms with Gasteiger partial charge in [0, 0.05) is 27.8 Å². The van der Waals surface area contributed by atoms with E-state index in [9.17, 15) is 4.79 Å². The highest BCUT2D eigenvalue weighted by atomic mass is 79.9. The van der Waals surface area contributed by atoms with Crippen molar-refractivity contribution in [1.29, 1.82) is 0 Å². The van der Waals surface area contributed by atoms with Crippen molar-refractivity contribution >= 4 is 39.3 Å². The van der Waals surface area contributed by atoms with Crippen molar-refractivity contribution in [2.24, 2.45) is 0 Å². The number of carbonyl (C=O) groups excluding carboxylic acids is 1. The van der Waals surface area contributed by atoms with Gasteiger partial charge in [-0.25, -0.2) is 4.98 Å². The zero-order valence-corrected chi connectivity index (χ0v) is 18.9. The second-order valence-electron chi connectivity index (χ2n) is 6.65. The van der Waals surface area contributed by atoms with Crippen LogP contribution in [0.15, 0.2) is 94.6 Å². The zero-order valence-electron chi connectivity index (χ0n) is 16.5. The molecular weight excluding hydrogens is 472 g/mol. The molecule has 5 nitrogen and oxygen atoms in total. The summed E-state index contributed by atoms with van der Waals surface area (Å²) in [6, 6.07) is 27.4. The molecule has 0 aliphatic carbocycles. The number of nitrogens with zero attached hydrogens (tertiary/aromatic N) is 3. The van der Waals surface area contributed by atoms with E-state index in [1.807, 2.05) is 84.9 Å². The highest BCUT2D eigenvalue weighted by molar-refractivity contribution is 9.10. The number of thioether (sulfide) groups is 1. The van der Waals surface area contributed by atoms with Crippen molar-refractivity contribution < 1.29 is 4.79 Å². The molecule has 1 heterocycles. The van der Waals surface area contributed by atoms with Crippen LogP contribution in [-0.4, -0.2) is 26.8 Å². The molecule has 0 fully saturated rings. The van der Waals surface area contributed by atoms with Crippen LogP contribution in [0.4, 0.5) is 5.69 Å². The molecule has 0 radical (unpaired) electrons. The molecule has 3 aromatic carbocycles. The third-order valence-electron chi connectivity index (χ3n) is 4.47. The lowest BCUT2D eigenvalue weighted by Crippen LogP contribution is -2.12. The maximum Gasteiger partial charge on any atom is 0.225 e. The van der Waals surface area contributed by atoms with Crippen molar-refractivity contribution in [1.82, 2.24) is 15.2 Å². The van der Waals surface area contributed by atoms with Crippen molar-refractivity contribution in [2.45, 2.75) is 11.6 Å². The fourth-order valence-electron chi connectivity index (χ4n) is 2.97. The topological polar surface area (TPSA) is 67.8 Å². The summed E-state index contributed by atoms with van der Waals surface area (Å²) in [5.41, 5.74) is 4.22. The van der Waals surface area contributed by atoms with Crippen LogP contribution < -0.4 is 5.32 Å². The lowest BCUT2D eigenvalue weighted by atomic mass is 10.0. The van der Waals surface area contributed by atoms with Gasteiger partial charge >= 0.3 is 0 Å². The summed E-state index contributed by atoms with van der Waals surface area (Å²) < 4.78 is 0.854. The molecule has 1 N–H and O–H groups in total. The number of aromatic nitrogens is 3. The summed E-state index contributed by atoms with van der Waals surface area (Å²) >= 11 is 4.86. The number of halogens is 1. The van der Waals surface area contributed by atoms with Gasteiger partial charge in [0.2, 0.25) is 11.1 Å². The fraction of sp³-hybridized carbons (Fsp3) is 0.0833. The average Bonchev–Trinajstić information content (AvgIpc) is 2.82. The van der Waals surface area contributed by atoms with Crippen LogP contribution in [0.25, 0.3) is 22.5 Å². The molecule has 0 unspecified atom stereocenters. The predicted molar refractivity (Wildman–Crippen MR) is 129 cm³/mol. The summed E-state index contributed by atoms with van der Waals surface area (Å²) in [7, 11) is 0. The van der Waals surface area contributed by atoms with Crippen LogP contribution >= 0.6 is 27.7 Å². The van der Waals surface area contributed by atoms with E-state index in [0.717, 1.165) is 32.7 Å². The first-order chi connectivity index (χ1) is 15.2. The van der Waals surface area contributed by atoms with Gasteiger partial charge in [-0.05, 0) is 28.1 Å². The van der Waals surface area contributed by atoms with Gasteiger partial charge < -0.3 is 5.32 Å². The third-order valence-corrected chi connectivity index (χ3v) is 6.00. The number of rotatable bonds is 7. The van der Waals surface area contributed by atoms with Crippen LogP contribution in [-0.2, 0) is 4.79 Å². The van der Waals surface area contributed by atoms with Crippen LogP contribution in [0.1, 0.15) is 6.42 Å². The number of hydrogen-bond donors (Lipinski definition) is 1. The molecule has 0 aliphatic heterocycles. The molecule has 0 aliphatic rings. The molecule has 4 rings (SSSR count). The van der Waals surface area contributed by atoms with Gasteiger partial charge in [0.05, 0.1) is 5.69 Å². The predicted octanol–water partition coefficient (Wildman–Crippen LogP) is 6.09. The number of nitrogens with one attached hydrogen (secondary N) is 1. The lowest BCUT2D eigenvalue weighted by molar-refractivity contribution is -0.115. The van der Waals surface area contributed by atoms with Crippen LogP contribution in [0.5, 0.6) is 0 Å². The van der Waals surface area contributed by atoms with Gasteiger partial charge in [-0.1, -0.05) is 84.6 Å². The van der Waals surface area contributed by atoms with E-state index in [0.29, 0.717) is 17.3 Å². The molecule has 0 saturated heterocycles. The molecular formula is C24H19BrN4OS. The molecule has 0 bridgehead atoms. The Morgan fingerprint density at radius 1 is 0.806 bits per heavy atom. The first-order valence-corrected chi connectivity index (χ1v) is 11.5. The first-order valence-electron chi connectivity index (χ1n) is 9.73. The Bertz CT molecular complexity index is 1170. The zero-order chi connectivity index (χ0) is 21.5. The Labute approximate surface area is 193 Å². The van der Waals surface area contributed by atoms with Gasteiger partial charge in [0.15, 0.2) is 0 Å². The van der Waals surface area contributed by atoms with Crippen LogP contribution in [0.2, 0.25) is 0 Å². The van der Waals surface area contributed by atoms with Crippen LogP contribution in [0, 0.1) is 0 Å². The quantitative estimate of drug-likeness (QED) is 0.317. The van der Waals surface area contributed by atoms with Gasteiger partial charge in [0.1, 0.15) is 11.4 Å². The highest BCUT2D eigenvalue weighted by Crippen LogP contribution is 2.29. The first kappa shape index (κ1) is 21.2. The van der Waals surface area contributed by atoms with E-state index in [1.165, 1.54) is 11.8 Å². The average molecular weight is 491 g/mol. The summed E-state index contributed by atoms with van der Waals surface area (Å²) in [6.45, 7) is 0. The maximum atomic E-state index is 12.3. The number of hydrogen-bond acceptors (Lipinski definition) is 5.